The van der Waals surface area contributed by atoms with Crippen molar-refractivity contribution < 1.29 is 9.59 Å². The predicted octanol–water partition coefficient (Wildman–Crippen LogP) is 1.59. The number of amides is 2. The number of carbonyl (C=O) groups is 2. The summed E-state index contributed by atoms with van der Waals surface area (Å²) in [6.45, 7) is 2.75. The van der Waals surface area contributed by atoms with Gasteiger partial charge in [0, 0.05) is 31.7 Å². The van der Waals surface area contributed by atoms with Crippen molar-refractivity contribution in [1.82, 2.24) is 25.0 Å². The van der Waals surface area contributed by atoms with Gasteiger partial charge in [0.15, 0.2) is 0 Å². The van der Waals surface area contributed by atoms with E-state index in [1.165, 1.54) is 6.20 Å². The monoisotopic (exact) mass is 337 g/mol. The Bertz CT molecular complexity index is 889. The Morgan fingerprint density at radius 1 is 1.08 bits per heavy atom. The summed E-state index contributed by atoms with van der Waals surface area (Å²) in [6, 6.07) is 9.02. The number of nitrogens with zero attached hydrogens (tertiary/aromatic N) is 3. The van der Waals surface area contributed by atoms with E-state index < -0.39 is 0 Å². The van der Waals surface area contributed by atoms with Gasteiger partial charge < -0.3 is 10.6 Å². The molecule has 2 amide bonds. The van der Waals surface area contributed by atoms with Crippen molar-refractivity contribution in [1.29, 1.82) is 0 Å². The first kappa shape index (κ1) is 16.6. The molecule has 0 saturated heterocycles. The first-order valence-corrected chi connectivity index (χ1v) is 8.07. The van der Waals surface area contributed by atoms with Crippen LogP contribution in [0.4, 0.5) is 0 Å². The molecule has 0 aromatic carbocycles. The quantitative estimate of drug-likeness (QED) is 0.669. The highest BCUT2D eigenvalue weighted by Gasteiger charge is 2.15. The third-order valence-corrected chi connectivity index (χ3v) is 3.77. The van der Waals surface area contributed by atoms with Gasteiger partial charge in [0.05, 0.1) is 11.3 Å². The van der Waals surface area contributed by atoms with Gasteiger partial charge in [-0.1, -0.05) is 6.07 Å². The zero-order chi connectivity index (χ0) is 17.6. The van der Waals surface area contributed by atoms with Crippen molar-refractivity contribution in [2.75, 3.05) is 13.1 Å². The van der Waals surface area contributed by atoms with Crippen LogP contribution in [0.5, 0.6) is 0 Å². The molecule has 0 bridgehead atoms. The number of aromatic nitrogens is 3. The Morgan fingerprint density at radius 3 is 2.64 bits per heavy atom. The summed E-state index contributed by atoms with van der Waals surface area (Å²) in [7, 11) is 0. The molecule has 3 rings (SSSR count). The maximum Gasteiger partial charge on any atom is 0.270 e. The summed E-state index contributed by atoms with van der Waals surface area (Å²) < 4.78 is 1.77. The van der Waals surface area contributed by atoms with Crippen LogP contribution in [0.3, 0.4) is 0 Å². The minimum atomic E-state index is -0.171. The van der Waals surface area contributed by atoms with Crippen molar-refractivity contribution in [3.8, 4) is 0 Å². The molecule has 0 spiro atoms. The van der Waals surface area contributed by atoms with Gasteiger partial charge >= 0.3 is 0 Å². The Hall–Kier alpha value is -3.22. The van der Waals surface area contributed by atoms with Crippen molar-refractivity contribution in [2.24, 2.45) is 0 Å². The second-order valence-electron chi connectivity index (χ2n) is 5.58. The summed E-state index contributed by atoms with van der Waals surface area (Å²) in [6.07, 6.45) is 5.59. The molecule has 0 fully saturated rings. The number of carbonyl (C=O) groups excluding carboxylic acids is 2. The molecule has 7 heteroatoms. The normalized spacial score (nSPS) is 10.6. The summed E-state index contributed by atoms with van der Waals surface area (Å²) in [5, 5.41) is 5.67. The highest BCUT2D eigenvalue weighted by Crippen LogP contribution is 2.11. The third-order valence-electron chi connectivity index (χ3n) is 3.77. The van der Waals surface area contributed by atoms with E-state index in [0.29, 0.717) is 36.5 Å². The van der Waals surface area contributed by atoms with Gasteiger partial charge in [-0.2, -0.15) is 0 Å². The maximum atomic E-state index is 12.4. The van der Waals surface area contributed by atoms with Crippen molar-refractivity contribution in [3.63, 3.8) is 0 Å². The molecule has 25 heavy (non-hydrogen) atoms. The highest BCUT2D eigenvalue weighted by molar-refractivity contribution is 5.95. The SMILES string of the molecule is Cc1nc2ccccn2c1C(=O)NCCCNC(=O)c1cccnc1. The predicted molar refractivity (Wildman–Crippen MR) is 93.4 cm³/mol. The lowest BCUT2D eigenvalue weighted by atomic mass is 10.2. The number of aryl methyl sites for hydroxylation is 1. The van der Waals surface area contributed by atoms with Crippen molar-refractivity contribution in [2.45, 2.75) is 13.3 Å². The molecule has 128 valence electrons. The molecule has 0 unspecified atom stereocenters. The van der Waals surface area contributed by atoms with Crippen LogP contribution in [-0.4, -0.2) is 39.3 Å². The number of rotatable bonds is 6. The minimum absolute atomic E-state index is 0.169. The van der Waals surface area contributed by atoms with Gasteiger partial charge in [0.25, 0.3) is 11.8 Å². The van der Waals surface area contributed by atoms with Crippen LogP contribution in [0.1, 0.15) is 33.0 Å². The summed E-state index contributed by atoms with van der Waals surface area (Å²) in [4.78, 5) is 32.5. The minimum Gasteiger partial charge on any atom is -0.352 e. The van der Waals surface area contributed by atoms with Gasteiger partial charge in [0.2, 0.25) is 0 Å². The third kappa shape index (κ3) is 3.82. The fraction of sp³-hybridized carbons (Fsp3) is 0.222. The number of imidazole rings is 1. The lowest BCUT2D eigenvalue weighted by Crippen LogP contribution is -2.30. The van der Waals surface area contributed by atoms with Crippen LogP contribution in [0.15, 0.2) is 48.9 Å². The average Bonchev–Trinajstić information content (AvgIpc) is 2.97. The van der Waals surface area contributed by atoms with Gasteiger partial charge in [-0.25, -0.2) is 4.98 Å². The van der Waals surface area contributed by atoms with Crippen LogP contribution in [0.25, 0.3) is 5.65 Å². The van der Waals surface area contributed by atoms with Gasteiger partial charge in [-0.05, 0) is 37.6 Å². The molecular formula is C18H19N5O2. The molecule has 0 aliphatic carbocycles. The van der Waals surface area contributed by atoms with E-state index in [2.05, 4.69) is 20.6 Å². The lowest BCUT2D eigenvalue weighted by Gasteiger charge is -2.07. The Balaban J connectivity index is 1.48. The maximum absolute atomic E-state index is 12.4. The summed E-state index contributed by atoms with van der Waals surface area (Å²) in [5.41, 5.74) is 2.49. The zero-order valence-corrected chi connectivity index (χ0v) is 13.9. The van der Waals surface area contributed by atoms with Gasteiger partial charge in [-0.3, -0.25) is 19.0 Å². The second kappa shape index (κ2) is 7.57. The number of hydrogen-bond donors (Lipinski definition) is 2. The molecule has 3 aromatic rings. The topological polar surface area (TPSA) is 88.4 Å². The highest BCUT2D eigenvalue weighted by atomic mass is 16.2. The number of hydrogen-bond acceptors (Lipinski definition) is 4. The standard InChI is InChI=1S/C18H19N5O2/c1-13-16(23-11-3-2-7-15(23)22-13)18(25)21-10-5-9-20-17(24)14-6-4-8-19-12-14/h2-4,6-8,11-12H,5,9-10H2,1H3,(H,20,24)(H,21,25). The van der Waals surface area contributed by atoms with Crippen molar-refractivity contribution in [3.05, 3.63) is 65.9 Å². The zero-order valence-electron chi connectivity index (χ0n) is 13.9. The number of fused-ring (bicyclic) bond motifs is 1. The largest absolute Gasteiger partial charge is 0.352 e. The first-order chi connectivity index (χ1) is 12.2. The molecular weight excluding hydrogens is 318 g/mol. The Kier molecular flexibility index (Phi) is 5.03. The molecule has 3 heterocycles. The fourth-order valence-corrected chi connectivity index (χ4v) is 2.56. The molecule has 0 radical (unpaired) electrons. The molecule has 0 atom stereocenters. The van der Waals surface area contributed by atoms with Crippen LogP contribution in [-0.2, 0) is 0 Å². The Labute approximate surface area is 145 Å². The summed E-state index contributed by atoms with van der Waals surface area (Å²) in [5.74, 6) is -0.341. The number of nitrogens with one attached hydrogen (secondary N) is 2. The van der Waals surface area contributed by atoms with Crippen LogP contribution >= 0.6 is 0 Å². The summed E-state index contributed by atoms with van der Waals surface area (Å²) >= 11 is 0. The smallest absolute Gasteiger partial charge is 0.270 e. The molecule has 7 nitrogen and oxygen atoms in total. The van der Waals surface area contributed by atoms with E-state index in [1.807, 2.05) is 31.3 Å². The molecule has 0 saturated carbocycles. The fourth-order valence-electron chi connectivity index (χ4n) is 2.56. The van der Waals surface area contributed by atoms with Crippen LogP contribution < -0.4 is 10.6 Å². The average molecular weight is 337 g/mol. The Morgan fingerprint density at radius 2 is 1.88 bits per heavy atom. The van der Waals surface area contributed by atoms with Crippen LogP contribution in [0, 0.1) is 6.92 Å². The van der Waals surface area contributed by atoms with E-state index in [-0.39, 0.29) is 11.8 Å². The van der Waals surface area contributed by atoms with Gasteiger partial charge in [-0.15, -0.1) is 0 Å². The van der Waals surface area contributed by atoms with E-state index in [1.54, 1.807) is 22.7 Å². The van der Waals surface area contributed by atoms with E-state index >= 15 is 0 Å². The van der Waals surface area contributed by atoms with Gasteiger partial charge in [0.1, 0.15) is 11.3 Å². The number of pyridine rings is 2. The molecule has 0 aliphatic heterocycles. The van der Waals surface area contributed by atoms with E-state index in [9.17, 15) is 9.59 Å². The molecule has 0 aliphatic rings. The van der Waals surface area contributed by atoms with Crippen LogP contribution in [0.2, 0.25) is 0 Å². The van der Waals surface area contributed by atoms with E-state index in [0.717, 1.165) is 5.65 Å². The van der Waals surface area contributed by atoms with Crippen molar-refractivity contribution >= 4 is 17.5 Å². The molecule has 3 aromatic heterocycles. The lowest BCUT2D eigenvalue weighted by molar-refractivity contribution is 0.0946. The first-order valence-electron chi connectivity index (χ1n) is 8.07. The second-order valence-corrected chi connectivity index (χ2v) is 5.58. The van der Waals surface area contributed by atoms with E-state index in [4.69, 9.17) is 0 Å². The molecule has 2 N–H and O–H groups in total.